The van der Waals surface area contributed by atoms with Gasteiger partial charge in [-0.05, 0) is 134 Å². The second kappa shape index (κ2) is 14.6. The Labute approximate surface area is 402 Å². The summed E-state index contributed by atoms with van der Waals surface area (Å²) in [5, 5.41) is 4.94. The van der Waals surface area contributed by atoms with Crippen LogP contribution in [0.15, 0.2) is 224 Å². The highest BCUT2D eigenvalue weighted by Gasteiger charge is 2.37. The summed E-state index contributed by atoms with van der Waals surface area (Å²) in [7, 11) is 0. The van der Waals surface area contributed by atoms with E-state index in [1.54, 1.807) is 0 Å². The van der Waals surface area contributed by atoms with Crippen LogP contribution in [-0.2, 0) is 10.8 Å². The number of anilines is 3. The van der Waals surface area contributed by atoms with Crippen molar-refractivity contribution in [2.24, 2.45) is 0 Å². The summed E-state index contributed by atoms with van der Waals surface area (Å²) in [6.07, 6.45) is 0. The van der Waals surface area contributed by atoms with E-state index in [1.165, 1.54) is 111 Å². The zero-order valence-corrected chi connectivity index (χ0v) is 39.2. The molecule has 0 amide bonds. The Morgan fingerprint density at radius 1 is 0.319 bits per heavy atom. The minimum absolute atomic E-state index is 0.143. The first-order valence-corrected chi connectivity index (χ1v) is 24.3. The van der Waals surface area contributed by atoms with Gasteiger partial charge in [0.05, 0.1) is 22.1 Å². The molecule has 3 heteroatoms. The Bertz CT molecular complexity index is 4010. The predicted molar refractivity (Wildman–Crippen MR) is 290 cm³/mol. The molecule has 0 saturated heterocycles. The lowest BCUT2D eigenvalue weighted by molar-refractivity contribution is 0.659. The van der Waals surface area contributed by atoms with Crippen molar-refractivity contribution in [2.75, 3.05) is 4.90 Å². The number of nitrogens with zero attached hydrogens (tertiary/aromatic N) is 3. The summed E-state index contributed by atoms with van der Waals surface area (Å²) < 4.78 is 5.15. The molecule has 0 aliphatic heterocycles. The summed E-state index contributed by atoms with van der Waals surface area (Å²) in [6, 6.07) is 83.5. The molecule has 2 aliphatic rings. The van der Waals surface area contributed by atoms with E-state index in [2.05, 4.69) is 266 Å². The third-order valence-corrected chi connectivity index (χ3v) is 15.7. The number of rotatable bonds is 6. The Morgan fingerprint density at radius 3 is 1.32 bits per heavy atom. The van der Waals surface area contributed by atoms with Crippen LogP contribution in [0.25, 0.3) is 88.4 Å². The number of benzene rings is 10. The van der Waals surface area contributed by atoms with Crippen molar-refractivity contribution in [2.45, 2.75) is 38.5 Å². The predicted octanol–water partition coefficient (Wildman–Crippen LogP) is 17.6. The third kappa shape index (κ3) is 5.62. The third-order valence-electron chi connectivity index (χ3n) is 15.7. The molecule has 0 atom stereocenters. The molecule has 2 aromatic heterocycles. The molecule has 0 spiro atoms. The second-order valence-electron chi connectivity index (χ2n) is 20.1. The first kappa shape index (κ1) is 39.7. The maximum Gasteiger partial charge on any atom is 0.0795 e. The number of fused-ring (bicyclic) bond motifs is 13. The summed E-state index contributed by atoms with van der Waals surface area (Å²) in [4.78, 5) is 2.34. The van der Waals surface area contributed by atoms with Crippen molar-refractivity contribution in [3.63, 3.8) is 0 Å². The van der Waals surface area contributed by atoms with Gasteiger partial charge in [-0.2, -0.15) is 0 Å². The Balaban J connectivity index is 1.08. The van der Waals surface area contributed by atoms with Crippen molar-refractivity contribution < 1.29 is 0 Å². The van der Waals surface area contributed by atoms with Gasteiger partial charge in [0, 0.05) is 60.8 Å². The number of hydrogen-bond donors (Lipinski definition) is 0. The lowest BCUT2D eigenvalue weighted by atomic mass is 9.82. The Kier molecular flexibility index (Phi) is 8.38. The largest absolute Gasteiger partial charge is 0.311 e. The molecule has 0 N–H and O–H groups in total. The molecular weight excluding hydrogens is 835 g/mol. The molecule has 0 saturated carbocycles. The fourth-order valence-electron chi connectivity index (χ4n) is 12.4. The van der Waals surface area contributed by atoms with Crippen molar-refractivity contribution in [1.29, 1.82) is 0 Å². The Hall–Kier alpha value is -8.40. The van der Waals surface area contributed by atoms with Crippen molar-refractivity contribution in [3.05, 3.63) is 247 Å². The second-order valence-corrected chi connectivity index (χ2v) is 20.1. The highest BCUT2D eigenvalue weighted by molar-refractivity contribution is 6.28. The molecule has 14 rings (SSSR count). The van der Waals surface area contributed by atoms with Crippen LogP contribution in [0.1, 0.15) is 49.9 Å². The van der Waals surface area contributed by atoms with Gasteiger partial charge in [-0.15, -0.1) is 0 Å². The first-order chi connectivity index (χ1) is 33.8. The van der Waals surface area contributed by atoms with E-state index in [0.717, 1.165) is 17.1 Å². The van der Waals surface area contributed by atoms with Crippen LogP contribution in [0, 0.1) is 0 Å². The summed E-state index contributed by atoms with van der Waals surface area (Å²) in [5.74, 6) is 0. The lowest BCUT2D eigenvalue weighted by Crippen LogP contribution is -2.15. The SMILES string of the molecule is CC1(C)c2ccccc2-c2ccc(-n3c4ccccc4c4cc(-c5ccc(N(c6ccccc6)c6ccccc6)cc5)c5c6ccccc6n(-c6ccc7c(c6)C(C)(C)c6ccccc6-7)c5c43)cc21. The zero-order valence-electron chi connectivity index (χ0n) is 39.2. The molecule has 69 heavy (non-hydrogen) atoms. The monoisotopic (exact) mass is 883 g/mol. The van der Waals surface area contributed by atoms with Crippen LogP contribution >= 0.6 is 0 Å². The van der Waals surface area contributed by atoms with Gasteiger partial charge in [0.25, 0.3) is 0 Å². The molecule has 12 aromatic rings. The molecule has 0 unspecified atom stereocenters. The topological polar surface area (TPSA) is 13.1 Å². The van der Waals surface area contributed by atoms with Crippen LogP contribution < -0.4 is 4.90 Å². The van der Waals surface area contributed by atoms with E-state index >= 15 is 0 Å². The molecule has 3 nitrogen and oxygen atoms in total. The summed E-state index contributed by atoms with van der Waals surface area (Å²) >= 11 is 0. The molecule has 0 fully saturated rings. The van der Waals surface area contributed by atoms with Crippen LogP contribution in [0.3, 0.4) is 0 Å². The van der Waals surface area contributed by atoms with Crippen LogP contribution in [0.4, 0.5) is 17.1 Å². The fraction of sp³-hybridized carbons (Fsp3) is 0.0909. The van der Waals surface area contributed by atoms with Gasteiger partial charge in [0.2, 0.25) is 0 Å². The highest BCUT2D eigenvalue weighted by Crippen LogP contribution is 2.53. The average Bonchev–Trinajstić information content (AvgIpc) is 4.06. The van der Waals surface area contributed by atoms with Gasteiger partial charge < -0.3 is 14.0 Å². The van der Waals surface area contributed by atoms with Crippen molar-refractivity contribution in [3.8, 4) is 44.8 Å². The number of hydrogen-bond acceptors (Lipinski definition) is 1. The van der Waals surface area contributed by atoms with E-state index in [1.807, 2.05) is 0 Å². The maximum atomic E-state index is 2.58. The van der Waals surface area contributed by atoms with Gasteiger partial charge in [0.15, 0.2) is 0 Å². The lowest BCUT2D eigenvalue weighted by Gasteiger charge is -2.25. The average molecular weight is 884 g/mol. The van der Waals surface area contributed by atoms with Crippen LogP contribution in [0.5, 0.6) is 0 Å². The number of para-hydroxylation sites is 4. The van der Waals surface area contributed by atoms with E-state index in [9.17, 15) is 0 Å². The number of aromatic nitrogens is 2. The molecule has 2 heterocycles. The summed E-state index contributed by atoms with van der Waals surface area (Å²) in [5.41, 5.74) is 23.4. The zero-order chi connectivity index (χ0) is 46.2. The minimum atomic E-state index is -0.153. The molecule has 10 aromatic carbocycles. The molecule has 0 bridgehead atoms. The standard InChI is InChI=1S/C66H49N3/c1-65(2)56-27-15-11-23-48(56)50-37-35-46(39-58(50)65)68-60-29-17-13-25-52(60)55-41-54(42-31-33-45(34-32-42)67(43-19-7-5-8-20-43)44-21-9-6-10-22-44)62-53-26-14-18-30-61(53)69(64(62)63(55)68)47-36-38-51-49-24-12-16-28-57(49)66(3,4)59(51)40-47/h5-41H,1-4H3. The van der Waals surface area contributed by atoms with Crippen molar-refractivity contribution in [1.82, 2.24) is 9.13 Å². The first-order valence-electron chi connectivity index (χ1n) is 24.3. The molecule has 0 radical (unpaired) electrons. The fourth-order valence-corrected chi connectivity index (χ4v) is 12.4. The van der Waals surface area contributed by atoms with Gasteiger partial charge >= 0.3 is 0 Å². The minimum Gasteiger partial charge on any atom is -0.311 e. The van der Waals surface area contributed by atoms with E-state index < -0.39 is 0 Å². The van der Waals surface area contributed by atoms with E-state index in [-0.39, 0.29) is 10.8 Å². The highest BCUT2D eigenvalue weighted by atomic mass is 15.1. The quantitative estimate of drug-likeness (QED) is 0.162. The van der Waals surface area contributed by atoms with E-state index in [0.29, 0.717) is 0 Å². The van der Waals surface area contributed by atoms with E-state index in [4.69, 9.17) is 0 Å². The summed E-state index contributed by atoms with van der Waals surface area (Å²) in [6.45, 7) is 9.53. The molecular formula is C66H49N3. The molecule has 2 aliphatic carbocycles. The van der Waals surface area contributed by atoms with Gasteiger partial charge in [-0.25, -0.2) is 0 Å². The smallest absolute Gasteiger partial charge is 0.0795 e. The normalized spacial score (nSPS) is 14.0. The van der Waals surface area contributed by atoms with Gasteiger partial charge in [-0.1, -0.05) is 173 Å². The van der Waals surface area contributed by atoms with Crippen LogP contribution in [0.2, 0.25) is 0 Å². The maximum absolute atomic E-state index is 2.58. The van der Waals surface area contributed by atoms with Gasteiger partial charge in [-0.3, -0.25) is 0 Å². The Morgan fingerprint density at radius 2 is 0.754 bits per heavy atom. The van der Waals surface area contributed by atoms with Crippen molar-refractivity contribution >= 4 is 60.7 Å². The van der Waals surface area contributed by atoms with Crippen LogP contribution in [-0.4, -0.2) is 9.13 Å². The molecule has 328 valence electrons. The van der Waals surface area contributed by atoms with Gasteiger partial charge in [0.1, 0.15) is 0 Å².